The topological polar surface area (TPSA) is 46.9 Å². The number of aryl methyl sites for hydroxylation is 1. The molecule has 0 radical (unpaired) electrons. The Morgan fingerprint density at radius 3 is 3.15 bits per heavy atom. The van der Waals surface area contributed by atoms with E-state index in [1.165, 1.54) is 6.42 Å². The van der Waals surface area contributed by atoms with Crippen molar-refractivity contribution >= 4 is 16.9 Å². The first kappa shape index (κ1) is 13.2. The zero-order valence-electron chi connectivity index (χ0n) is 12.1. The van der Waals surface area contributed by atoms with E-state index in [-0.39, 0.29) is 5.91 Å². The summed E-state index contributed by atoms with van der Waals surface area (Å²) in [5.74, 6) is 1.85. The lowest BCUT2D eigenvalue weighted by atomic mass is 10.0. The molecule has 106 valence electrons. The molecule has 0 aliphatic carbocycles. The first-order valence-electron chi connectivity index (χ1n) is 7.46. The highest BCUT2D eigenvalue weighted by Crippen LogP contribution is 2.25. The highest BCUT2D eigenvalue weighted by Gasteiger charge is 2.19. The van der Waals surface area contributed by atoms with Gasteiger partial charge in [-0.2, -0.15) is 0 Å². The third kappa shape index (κ3) is 2.30. The molecule has 4 nitrogen and oxygen atoms in total. The van der Waals surface area contributed by atoms with Gasteiger partial charge in [0.25, 0.3) is 5.91 Å². The zero-order chi connectivity index (χ0) is 14.1. The summed E-state index contributed by atoms with van der Waals surface area (Å²) in [6.45, 7) is 6.07. The van der Waals surface area contributed by atoms with E-state index >= 15 is 0 Å². The maximum atomic E-state index is 12.0. The van der Waals surface area contributed by atoms with Crippen LogP contribution in [0.15, 0.2) is 18.2 Å². The molecule has 4 heteroatoms. The average Bonchev–Trinajstić information content (AvgIpc) is 2.80. The lowest BCUT2D eigenvalue weighted by Crippen LogP contribution is -2.23. The van der Waals surface area contributed by atoms with Gasteiger partial charge in [0.1, 0.15) is 5.82 Å². The summed E-state index contributed by atoms with van der Waals surface area (Å²) in [6, 6.07) is 5.85. The van der Waals surface area contributed by atoms with Crippen LogP contribution in [0.3, 0.4) is 0 Å². The second kappa shape index (κ2) is 5.27. The van der Waals surface area contributed by atoms with Crippen molar-refractivity contribution in [1.82, 2.24) is 14.9 Å². The minimum atomic E-state index is -0.00640. The van der Waals surface area contributed by atoms with E-state index in [9.17, 15) is 4.79 Å². The Labute approximate surface area is 119 Å². The standard InChI is InChI=1S/C16H21N3O/c1-3-7-17-16(20)12-4-5-14-13(10-12)18-15-9-11(2)6-8-19(14)15/h4-5,10-11H,3,6-9H2,1-2H3,(H,17,20)/t11-/m1/s1. The maximum Gasteiger partial charge on any atom is 0.251 e. The number of hydrogen-bond acceptors (Lipinski definition) is 2. The largest absolute Gasteiger partial charge is 0.352 e. The number of fused-ring (bicyclic) bond motifs is 3. The Morgan fingerprint density at radius 1 is 1.50 bits per heavy atom. The van der Waals surface area contributed by atoms with E-state index in [1.54, 1.807) is 0 Å². The smallest absolute Gasteiger partial charge is 0.251 e. The second-order valence-electron chi connectivity index (χ2n) is 5.74. The van der Waals surface area contributed by atoms with Crippen molar-refractivity contribution in [3.05, 3.63) is 29.6 Å². The first-order chi connectivity index (χ1) is 9.69. The Morgan fingerprint density at radius 2 is 2.35 bits per heavy atom. The molecule has 1 aliphatic heterocycles. The van der Waals surface area contributed by atoms with Gasteiger partial charge < -0.3 is 9.88 Å². The van der Waals surface area contributed by atoms with Crippen LogP contribution >= 0.6 is 0 Å². The Bertz CT molecular complexity index is 644. The number of imidazole rings is 1. The Kier molecular flexibility index (Phi) is 3.47. The predicted molar refractivity (Wildman–Crippen MR) is 79.8 cm³/mol. The number of benzene rings is 1. The number of nitrogens with zero attached hydrogens (tertiary/aromatic N) is 2. The molecule has 1 amide bonds. The quantitative estimate of drug-likeness (QED) is 0.933. The van der Waals surface area contributed by atoms with Crippen LogP contribution in [0, 0.1) is 5.92 Å². The summed E-state index contributed by atoms with van der Waals surface area (Å²) in [6.07, 6.45) is 3.19. The van der Waals surface area contributed by atoms with Crippen molar-refractivity contribution in [3.8, 4) is 0 Å². The first-order valence-corrected chi connectivity index (χ1v) is 7.46. The van der Waals surface area contributed by atoms with Gasteiger partial charge in [-0.15, -0.1) is 0 Å². The Hall–Kier alpha value is -1.84. The second-order valence-corrected chi connectivity index (χ2v) is 5.74. The molecule has 20 heavy (non-hydrogen) atoms. The lowest BCUT2D eigenvalue weighted by molar-refractivity contribution is 0.0954. The molecule has 0 spiro atoms. The van der Waals surface area contributed by atoms with Gasteiger partial charge in [0.2, 0.25) is 0 Å². The monoisotopic (exact) mass is 271 g/mol. The van der Waals surface area contributed by atoms with Gasteiger partial charge in [-0.3, -0.25) is 4.79 Å². The number of carbonyl (C=O) groups excluding carboxylic acids is 1. The third-order valence-electron chi connectivity index (χ3n) is 4.00. The van der Waals surface area contributed by atoms with Crippen molar-refractivity contribution < 1.29 is 4.79 Å². The average molecular weight is 271 g/mol. The minimum Gasteiger partial charge on any atom is -0.352 e. The summed E-state index contributed by atoms with van der Waals surface area (Å²) in [4.78, 5) is 16.7. The number of nitrogens with one attached hydrogen (secondary N) is 1. The molecule has 1 aromatic carbocycles. The third-order valence-corrected chi connectivity index (χ3v) is 4.00. The molecule has 0 bridgehead atoms. The van der Waals surface area contributed by atoms with Gasteiger partial charge >= 0.3 is 0 Å². The minimum absolute atomic E-state index is 0.00640. The van der Waals surface area contributed by atoms with Crippen molar-refractivity contribution in [2.24, 2.45) is 5.92 Å². The van der Waals surface area contributed by atoms with Gasteiger partial charge in [0.05, 0.1) is 11.0 Å². The van der Waals surface area contributed by atoms with E-state index in [0.29, 0.717) is 18.0 Å². The molecular weight excluding hydrogens is 250 g/mol. The van der Waals surface area contributed by atoms with Crippen molar-refractivity contribution in [3.63, 3.8) is 0 Å². The molecule has 0 fully saturated rings. The van der Waals surface area contributed by atoms with Crippen LogP contribution in [-0.2, 0) is 13.0 Å². The fourth-order valence-corrected chi connectivity index (χ4v) is 2.83. The van der Waals surface area contributed by atoms with Gasteiger partial charge in [0, 0.05) is 25.1 Å². The number of aromatic nitrogens is 2. The summed E-state index contributed by atoms with van der Waals surface area (Å²) >= 11 is 0. The van der Waals surface area contributed by atoms with E-state index in [2.05, 4.69) is 16.8 Å². The van der Waals surface area contributed by atoms with Crippen molar-refractivity contribution in [1.29, 1.82) is 0 Å². The van der Waals surface area contributed by atoms with E-state index in [1.807, 2.05) is 25.1 Å². The van der Waals surface area contributed by atoms with Crippen LogP contribution in [0.5, 0.6) is 0 Å². The van der Waals surface area contributed by atoms with E-state index < -0.39 is 0 Å². The number of hydrogen-bond donors (Lipinski definition) is 1. The summed E-state index contributed by atoms with van der Waals surface area (Å²) < 4.78 is 2.29. The molecule has 0 saturated heterocycles. The molecule has 0 saturated carbocycles. The molecule has 3 rings (SSSR count). The molecule has 1 aliphatic rings. The fraction of sp³-hybridized carbons (Fsp3) is 0.500. The fourth-order valence-electron chi connectivity index (χ4n) is 2.83. The van der Waals surface area contributed by atoms with Crippen LogP contribution < -0.4 is 5.32 Å². The number of amides is 1. The lowest BCUT2D eigenvalue weighted by Gasteiger charge is -2.19. The molecule has 1 aromatic heterocycles. The van der Waals surface area contributed by atoms with Gasteiger partial charge in [-0.25, -0.2) is 4.98 Å². The summed E-state index contributed by atoms with van der Waals surface area (Å²) in [5.41, 5.74) is 2.80. The molecule has 1 N–H and O–H groups in total. The van der Waals surface area contributed by atoms with E-state index in [4.69, 9.17) is 4.98 Å². The molecule has 0 unspecified atom stereocenters. The highest BCUT2D eigenvalue weighted by molar-refractivity contribution is 5.97. The molecule has 2 heterocycles. The van der Waals surface area contributed by atoms with Gasteiger partial charge in [-0.1, -0.05) is 13.8 Å². The van der Waals surface area contributed by atoms with Crippen LogP contribution in [0.2, 0.25) is 0 Å². The van der Waals surface area contributed by atoms with Crippen molar-refractivity contribution in [2.45, 2.75) is 39.7 Å². The zero-order valence-corrected chi connectivity index (χ0v) is 12.1. The van der Waals surface area contributed by atoms with Crippen LogP contribution in [0.4, 0.5) is 0 Å². The summed E-state index contributed by atoms with van der Waals surface area (Å²) in [5, 5.41) is 2.91. The maximum absolute atomic E-state index is 12.0. The van der Waals surface area contributed by atoms with Gasteiger partial charge in [0.15, 0.2) is 0 Å². The molecule has 2 aromatic rings. The van der Waals surface area contributed by atoms with Gasteiger partial charge in [-0.05, 0) is 37.0 Å². The van der Waals surface area contributed by atoms with Crippen LogP contribution in [0.1, 0.15) is 42.9 Å². The van der Waals surface area contributed by atoms with E-state index in [0.717, 1.165) is 36.2 Å². The normalized spacial score (nSPS) is 18.0. The highest BCUT2D eigenvalue weighted by atomic mass is 16.1. The Balaban J connectivity index is 1.94. The van der Waals surface area contributed by atoms with Crippen LogP contribution in [-0.4, -0.2) is 22.0 Å². The molecular formula is C16H21N3O. The number of carbonyl (C=O) groups is 1. The SMILES string of the molecule is CCCNC(=O)c1ccc2c(c1)nc1n2CC[C@@H](C)C1. The molecule has 1 atom stereocenters. The van der Waals surface area contributed by atoms with Crippen molar-refractivity contribution in [2.75, 3.05) is 6.54 Å². The summed E-state index contributed by atoms with van der Waals surface area (Å²) in [7, 11) is 0. The predicted octanol–water partition coefficient (Wildman–Crippen LogP) is 2.76. The van der Waals surface area contributed by atoms with Crippen LogP contribution in [0.25, 0.3) is 11.0 Å². The number of rotatable bonds is 3.